The van der Waals surface area contributed by atoms with Gasteiger partial charge in [0.15, 0.2) is 12.4 Å². The summed E-state index contributed by atoms with van der Waals surface area (Å²) in [6.07, 6.45) is 4.46. The molecule has 3 aromatic rings. The van der Waals surface area contributed by atoms with Crippen molar-refractivity contribution in [2.24, 2.45) is 0 Å². The Morgan fingerprint density at radius 3 is 2.71 bits per heavy atom. The van der Waals surface area contributed by atoms with Gasteiger partial charge in [-0.3, -0.25) is 0 Å². The van der Waals surface area contributed by atoms with Crippen LogP contribution < -0.4 is 4.73 Å². The van der Waals surface area contributed by atoms with E-state index in [1.165, 1.54) is 24.5 Å². The van der Waals surface area contributed by atoms with Gasteiger partial charge in [-0.05, 0) is 24.3 Å². The van der Waals surface area contributed by atoms with Gasteiger partial charge < -0.3 is 5.21 Å². The van der Waals surface area contributed by atoms with Crippen LogP contribution in [0.2, 0.25) is 0 Å². The summed E-state index contributed by atoms with van der Waals surface area (Å²) < 4.78 is 15.2. The highest BCUT2D eigenvalue weighted by Crippen LogP contribution is 2.16. The zero-order valence-electron chi connectivity index (χ0n) is 8.75. The average Bonchev–Trinajstić information content (AvgIpc) is 2.73. The molecule has 0 aliphatic carbocycles. The first kappa shape index (κ1) is 9.77. The van der Waals surface area contributed by atoms with Crippen LogP contribution in [0.15, 0.2) is 48.9 Å². The van der Waals surface area contributed by atoms with Crippen molar-refractivity contribution in [1.29, 1.82) is 0 Å². The van der Waals surface area contributed by atoms with Gasteiger partial charge in [0, 0.05) is 6.07 Å². The molecule has 17 heavy (non-hydrogen) atoms. The third-order valence-corrected chi connectivity index (χ3v) is 2.55. The molecule has 0 amide bonds. The Bertz CT molecular complexity index is 676. The predicted molar refractivity (Wildman–Crippen MR) is 60.0 cm³/mol. The summed E-state index contributed by atoms with van der Waals surface area (Å²) in [4.78, 5) is 0. The van der Waals surface area contributed by atoms with Crippen molar-refractivity contribution in [2.75, 3.05) is 0 Å². The highest BCUT2D eigenvalue weighted by atomic mass is 19.1. The van der Waals surface area contributed by atoms with Crippen LogP contribution >= 0.6 is 0 Å². The molecule has 0 saturated carbocycles. The van der Waals surface area contributed by atoms with E-state index in [0.29, 0.717) is 0 Å². The fourth-order valence-electron chi connectivity index (χ4n) is 1.75. The third kappa shape index (κ3) is 1.61. The number of hydrogen-bond acceptors (Lipinski definition) is 2. The zero-order chi connectivity index (χ0) is 11.8. The fraction of sp³-hybridized carbons (Fsp3) is 0. The standard InChI is InChI=1S/C12H8FN3O/c13-10-1-3-11(4-2-10)16-12-5-6-15(17)8-9(12)7-14-16/h1-8H. The van der Waals surface area contributed by atoms with Gasteiger partial charge >= 0.3 is 0 Å². The van der Waals surface area contributed by atoms with Gasteiger partial charge in [0.2, 0.25) is 0 Å². The summed E-state index contributed by atoms with van der Waals surface area (Å²) in [6, 6.07) is 7.71. The van der Waals surface area contributed by atoms with Crippen LogP contribution in [0, 0.1) is 11.0 Å². The Balaban J connectivity index is 2.21. The number of pyridine rings is 1. The molecule has 0 aliphatic rings. The number of fused-ring (bicyclic) bond motifs is 1. The summed E-state index contributed by atoms with van der Waals surface area (Å²) in [5.74, 6) is -0.289. The van der Waals surface area contributed by atoms with E-state index in [1.807, 2.05) is 0 Å². The first-order valence-corrected chi connectivity index (χ1v) is 5.06. The fourth-order valence-corrected chi connectivity index (χ4v) is 1.75. The second-order valence-corrected chi connectivity index (χ2v) is 3.68. The van der Waals surface area contributed by atoms with E-state index >= 15 is 0 Å². The van der Waals surface area contributed by atoms with Gasteiger partial charge in [-0.15, -0.1) is 0 Å². The van der Waals surface area contributed by atoms with Gasteiger partial charge in [0.05, 0.1) is 22.8 Å². The summed E-state index contributed by atoms with van der Waals surface area (Å²) in [6.45, 7) is 0. The molecular weight excluding hydrogens is 221 g/mol. The smallest absolute Gasteiger partial charge is 0.191 e. The molecule has 0 aliphatic heterocycles. The lowest BCUT2D eigenvalue weighted by molar-refractivity contribution is -0.603. The van der Waals surface area contributed by atoms with Gasteiger partial charge in [0.1, 0.15) is 5.82 Å². The molecule has 0 radical (unpaired) electrons. The number of benzene rings is 1. The lowest BCUT2D eigenvalue weighted by Gasteiger charge is -2.02. The van der Waals surface area contributed by atoms with Crippen molar-refractivity contribution in [2.45, 2.75) is 0 Å². The lowest BCUT2D eigenvalue weighted by Crippen LogP contribution is -2.23. The Morgan fingerprint density at radius 1 is 1.18 bits per heavy atom. The largest absolute Gasteiger partial charge is 0.619 e. The average molecular weight is 229 g/mol. The normalized spacial score (nSPS) is 10.9. The van der Waals surface area contributed by atoms with Gasteiger partial charge in [-0.1, -0.05) is 0 Å². The molecule has 3 rings (SSSR count). The van der Waals surface area contributed by atoms with Crippen molar-refractivity contribution in [3.63, 3.8) is 0 Å². The van der Waals surface area contributed by atoms with Crippen molar-refractivity contribution >= 4 is 10.9 Å². The highest BCUT2D eigenvalue weighted by Gasteiger charge is 2.07. The third-order valence-electron chi connectivity index (χ3n) is 2.55. The maximum absolute atomic E-state index is 12.8. The monoisotopic (exact) mass is 229 g/mol. The molecule has 84 valence electrons. The van der Waals surface area contributed by atoms with E-state index in [9.17, 15) is 9.60 Å². The SMILES string of the molecule is [O-][n+]1ccc2c(cnn2-c2ccc(F)cc2)c1. The summed E-state index contributed by atoms with van der Waals surface area (Å²) in [7, 11) is 0. The zero-order valence-corrected chi connectivity index (χ0v) is 8.75. The molecule has 4 nitrogen and oxygen atoms in total. The second-order valence-electron chi connectivity index (χ2n) is 3.68. The van der Waals surface area contributed by atoms with E-state index in [1.54, 1.807) is 29.1 Å². The molecule has 0 bridgehead atoms. The van der Waals surface area contributed by atoms with Crippen LogP contribution in [0.1, 0.15) is 0 Å². The van der Waals surface area contributed by atoms with Gasteiger partial charge in [-0.2, -0.15) is 9.83 Å². The van der Waals surface area contributed by atoms with Gasteiger partial charge in [-0.25, -0.2) is 9.07 Å². The molecule has 1 aromatic carbocycles. The molecule has 0 atom stereocenters. The minimum atomic E-state index is -0.289. The lowest BCUT2D eigenvalue weighted by atomic mass is 10.3. The Hall–Kier alpha value is -2.43. The van der Waals surface area contributed by atoms with E-state index in [0.717, 1.165) is 21.3 Å². The van der Waals surface area contributed by atoms with Crippen molar-refractivity contribution in [3.05, 3.63) is 59.9 Å². The van der Waals surface area contributed by atoms with Crippen molar-refractivity contribution in [1.82, 2.24) is 9.78 Å². The van der Waals surface area contributed by atoms with Crippen LogP contribution in [0.25, 0.3) is 16.6 Å². The molecule has 2 aromatic heterocycles. The maximum Gasteiger partial charge on any atom is 0.191 e. The number of aromatic nitrogens is 3. The molecule has 0 unspecified atom stereocenters. The highest BCUT2D eigenvalue weighted by molar-refractivity contribution is 5.78. The molecule has 0 spiro atoms. The molecule has 0 fully saturated rings. The summed E-state index contributed by atoms with van der Waals surface area (Å²) in [5, 5.41) is 16.0. The quantitative estimate of drug-likeness (QED) is 0.471. The van der Waals surface area contributed by atoms with Crippen molar-refractivity contribution in [3.8, 4) is 5.69 Å². The molecule has 5 heteroatoms. The number of halogens is 1. The van der Waals surface area contributed by atoms with E-state index in [2.05, 4.69) is 5.10 Å². The second kappa shape index (κ2) is 3.55. The minimum absolute atomic E-state index is 0.289. The van der Waals surface area contributed by atoms with Crippen molar-refractivity contribution < 1.29 is 9.12 Å². The topological polar surface area (TPSA) is 44.8 Å². The predicted octanol–water partition coefficient (Wildman–Crippen LogP) is 1.80. The maximum atomic E-state index is 12.8. The van der Waals surface area contributed by atoms with Crippen LogP contribution in [0.3, 0.4) is 0 Å². The van der Waals surface area contributed by atoms with Crippen LogP contribution in [-0.4, -0.2) is 9.78 Å². The minimum Gasteiger partial charge on any atom is -0.619 e. The number of hydrogen-bond donors (Lipinski definition) is 0. The van der Waals surface area contributed by atoms with E-state index < -0.39 is 0 Å². The van der Waals surface area contributed by atoms with Crippen LogP contribution in [0.4, 0.5) is 4.39 Å². The van der Waals surface area contributed by atoms with E-state index in [-0.39, 0.29) is 5.82 Å². The molecule has 0 N–H and O–H groups in total. The first-order valence-electron chi connectivity index (χ1n) is 5.06. The van der Waals surface area contributed by atoms with Crippen LogP contribution in [-0.2, 0) is 0 Å². The Labute approximate surface area is 96.1 Å². The summed E-state index contributed by atoms with van der Waals surface area (Å²) >= 11 is 0. The summed E-state index contributed by atoms with van der Waals surface area (Å²) in [5.41, 5.74) is 1.56. The Kier molecular flexibility index (Phi) is 2.04. The van der Waals surface area contributed by atoms with E-state index in [4.69, 9.17) is 0 Å². The van der Waals surface area contributed by atoms with Gasteiger partial charge in [0.25, 0.3) is 0 Å². The Morgan fingerprint density at radius 2 is 1.94 bits per heavy atom. The first-order chi connectivity index (χ1) is 8.24. The van der Waals surface area contributed by atoms with Crippen LogP contribution in [0.5, 0.6) is 0 Å². The number of nitrogens with zero attached hydrogens (tertiary/aromatic N) is 3. The molecule has 2 heterocycles. The molecule has 0 saturated heterocycles. The number of rotatable bonds is 1. The molecular formula is C12H8FN3O.